The van der Waals surface area contributed by atoms with Crippen molar-refractivity contribution in [1.82, 2.24) is 25.1 Å². The number of hydrogen-bond donors (Lipinski definition) is 0. The number of aryl methyl sites for hydroxylation is 1. The van der Waals surface area contributed by atoms with Gasteiger partial charge in [-0.3, -0.25) is 4.90 Å². The Morgan fingerprint density at radius 1 is 1.22 bits per heavy atom. The number of nitrogens with zero attached hydrogens (tertiary/aromatic N) is 5. The molecule has 0 spiro atoms. The van der Waals surface area contributed by atoms with E-state index < -0.39 is 0 Å². The molecule has 0 amide bonds. The first-order valence-corrected chi connectivity index (χ1v) is 8.38. The van der Waals surface area contributed by atoms with Crippen LogP contribution >= 0.6 is 0 Å². The fraction of sp³-hybridized carbons (Fsp3) is 0.588. The van der Waals surface area contributed by atoms with Crippen LogP contribution in [0.2, 0.25) is 0 Å². The third-order valence-electron chi connectivity index (χ3n) is 4.54. The van der Waals surface area contributed by atoms with Crippen LogP contribution in [0.1, 0.15) is 44.7 Å². The van der Waals surface area contributed by atoms with E-state index in [2.05, 4.69) is 65.5 Å². The van der Waals surface area contributed by atoms with Gasteiger partial charge in [0.15, 0.2) is 5.82 Å². The van der Waals surface area contributed by atoms with Gasteiger partial charge in [-0.25, -0.2) is 4.68 Å². The summed E-state index contributed by atoms with van der Waals surface area (Å²) in [6, 6.07) is 11.1. The summed E-state index contributed by atoms with van der Waals surface area (Å²) in [5, 5.41) is 12.1. The van der Waals surface area contributed by atoms with Crippen molar-refractivity contribution in [3.05, 3.63) is 41.7 Å². The van der Waals surface area contributed by atoms with E-state index in [9.17, 15) is 0 Å². The molecule has 1 aromatic heterocycles. The van der Waals surface area contributed by atoms with Crippen molar-refractivity contribution in [3.8, 4) is 0 Å². The monoisotopic (exact) mass is 315 g/mol. The average Bonchev–Trinajstić information content (AvgIpc) is 3.00. The van der Waals surface area contributed by atoms with Gasteiger partial charge in [-0.05, 0) is 36.3 Å². The number of tetrazole rings is 1. The largest absolute Gasteiger partial charge is 0.370 e. The van der Waals surface area contributed by atoms with E-state index in [0.717, 1.165) is 31.9 Å². The number of hydrogen-bond acceptors (Lipinski definition) is 5. The van der Waals surface area contributed by atoms with Crippen molar-refractivity contribution in [2.24, 2.45) is 0 Å². The van der Waals surface area contributed by atoms with Crippen LogP contribution in [0, 0.1) is 0 Å². The van der Waals surface area contributed by atoms with Crippen molar-refractivity contribution in [2.75, 3.05) is 6.61 Å². The topological polar surface area (TPSA) is 56.1 Å². The quantitative estimate of drug-likeness (QED) is 0.848. The predicted octanol–water partition coefficient (Wildman–Crippen LogP) is 2.43. The smallest absolute Gasteiger partial charge is 0.165 e. The highest BCUT2D eigenvalue weighted by Crippen LogP contribution is 2.31. The molecule has 0 N–H and O–H groups in total. The van der Waals surface area contributed by atoms with Gasteiger partial charge in [-0.1, -0.05) is 37.3 Å². The molecule has 1 aromatic carbocycles. The number of benzene rings is 1. The summed E-state index contributed by atoms with van der Waals surface area (Å²) in [7, 11) is 0. The fourth-order valence-electron chi connectivity index (χ4n) is 3.26. The minimum atomic E-state index is 0.0860. The summed E-state index contributed by atoms with van der Waals surface area (Å²) in [5.41, 5.74) is 1.23. The van der Waals surface area contributed by atoms with Gasteiger partial charge in [-0.2, -0.15) is 0 Å². The second-order valence-corrected chi connectivity index (χ2v) is 6.24. The Morgan fingerprint density at radius 3 is 2.74 bits per heavy atom. The maximum Gasteiger partial charge on any atom is 0.165 e. The summed E-state index contributed by atoms with van der Waals surface area (Å²) in [5.74, 6) is 0.930. The summed E-state index contributed by atoms with van der Waals surface area (Å²) >= 11 is 0. The van der Waals surface area contributed by atoms with Gasteiger partial charge >= 0.3 is 0 Å². The molecule has 0 unspecified atom stereocenters. The molecule has 124 valence electrons. The van der Waals surface area contributed by atoms with Crippen LogP contribution < -0.4 is 0 Å². The van der Waals surface area contributed by atoms with Crippen LogP contribution in [0.25, 0.3) is 0 Å². The zero-order chi connectivity index (χ0) is 16.2. The minimum Gasteiger partial charge on any atom is -0.370 e. The molecule has 3 atom stereocenters. The number of rotatable bonds is 5. The highest BCUT2D eigenvalue weighted by Gasteiger charge is 2.34. The van der Waals surface area contributed by atoms with E-state index in [4.69, 9.17) is 4.74 Å². The van der Waals surface area contributed by atoms with Crippen LogP contribution in [0.3, 0.4) is 0 Å². The Balaban J connectivity index is 1.78. The van der Waals surface area contributed by atoms with Crippen molar-refractivity contribution in [1.29, 1.82) is 0 Å². The molecule has 2 heterocycles. The maximum absolute atomic E-state index is 6.12. The van der Waals surface area contributed by atoms with Crippen molar-refractivity contribution in [2.45, 2.75) is 58.5 Å². The van der Waals surface area contributed by atoms with E-state index in [1.54, 1.807) is 0 Å². The van der Waals surface area contributed by atoms with Gasteiger partial charge in [-0.15, -0.1) is 5.10 Å². The first kappa shape index (κ1) is 16.1. The highest BCUT2D eigenvalue weighted by molar-refractivity contribution is 5.19. The zero-order valence-electron chi connectivity index (χ0n) is 14.1. The van der Waals surface area contributed by atoms with Gasteiger partial charge in [0.1, 0.15) is 0 Å². The molecule has 0 saturated carbocycles. The van der Waals surface area contributed by atoms with Crippen LogP contribution in [-0.2, 0) is 17.8 Å². The lowest BCUT2D eigenvalue weighted by atomic mass is 9.98. The van der Waals surface area contributed by atoms with Crippen molar-refractivity contribution in [3.63, 3.8) is 0 Å². The molecule has 0 aliphatic carbocycles. The first-order valence-electron chi connectivity index (χ1n) is 8.38. The van der Waals surface area contributed by atoms with Gasteiger partial charge < -0.3 is 4.74 Å². The molecular weight excluding hydrogens is 290 g/mol. The van der Waals surface area contributed by atoms with E-state index in [1.165, 1.54) is 5.56 Å². The third-order valence-corrected chi connectivity index (χ3v) is 4.54. The Labute approximate surface area is 137 Å². The normalized spacial score (nSPS) is 25.6. The summed E-state index contributed by atoms with van der Waals surface area (Å²) in [6.07, 6.45) is 1.11. The lowest BCUT2D eigenvalue weighted by Gasteiger charge is -2.43. The Hall–Kier alpha value is -1.79. The summed E-state index contributed by atoms with van der Waals surface area (Å²) in [6.45, 7) is 8.89. The number of aromatic nitrogens is 4. The van der Waals surface area contributed by atoms with E-state index in [0.29, 0.717) is 6.04 Å². The number of morpholine rings is 1. The van der Waals surface area contributed by atoms with Crippen LogP contribution in [0.4, 0.5) is 0 Å². The second kappa shape index (κ2) is 7.19. The first-order chi connectivity index (χ1) is 11.2. The molecule has 1 aliphatic rings. The SMILES string of the molecule is CCCn1nnnc1CN1[C@H](C)CO[C@H](c2ccccc2)[C@H]1C. The lowest BCUT2D eigenvalue weighted by molar-refractivity contribution is -0.100. The van der Waals surface area contributed by atoms with Gasteiger partial charge in [0, 0.05) is 18.6 Å². The standard InChI is InChI=1S/C17H25N5O/c1-4-10-22-16(18-19-20-22)11-21-13(2)12-23-17(14(21)3)15-8-6-5-7-9-15/h5-9,13-14,17H,4,10-12H2,1-3H3/t13-,14-,17+/m1/s1. The van der Waals surface area contributed by atoms with Gasteiger partial charge in [0.05, 0.1) is 19.3 Å². The fourth-order valence-corrected chi connectivity index (χ4v) is 3.26. The second-order valence-electron chi connectivity index (χ2n) is 6.24. The van der Waals surface area contributed by atoms with Crippen LogP contribution in [0.15, 0.2) is 30.3 Å². The molecule has 1 aliphatic heterocycles. The molecule has 0 bridgehead atoms. The van der Waals surface area contributed by atoms with Crippen molar-refractivity contribution < 1.29 is 4.74 Å². The molecule has 1 fully saturated rings. The van der Waals surface area contributed by atoms with Gasteiger partial charge in [0.2, 0.25) is 0 Å². The Kier molecular flexibility index (Phi) is 5.03. The highest BCUT2D eigenvalue weighted by atomic mass is 16.5. The molecular formula is C17H25N5O. The molecule has 2 aromatic rings. The Bertz CT molecular complexity index is 614. The van der Waals surface area contributed by atoms with E-state index in [1.807, 2.05) is 10.7 Å². The van der Waals surface area contributed by atoms with Crippen LogP contribution in [-0.4, -0.2) is 43.8 Å². The maximum atomic E-state index is 6.12. The molecule has 6 heteroatoms. The molecule has 6 nitrogen and oxygen atoms in total. The summed E-state index contributed by atoms with van der Waals surface area (Å²) in [4.78, 5) is 2.44. The molecule has 1 saturated heterocycles. The number of ether oxygens (including phenoxy) is 1. The van der Waals surface area contributed by atoms with E-state index >= 15 is 0 Å². The Morgan fingerprint density at radius 2 is 2.00 bits per heavy atom. The lowest BCUT2D eigenvalue weighted by Crippen LogP contribution is -2.50. The molecule has 3 rings (SSSR count). The zero-order valence-corrected chi connectivity index (χ0v) is 14.1. The van der Waals surface area contributed by atoms with Crippen molar-refractivity contribution >= 4 is 0 Å². The molecule has 0 radical (unpaired) electrons. The molecule has 23 heavy (non-hydrogen) atoms. The average molecular weight is 315 g/mol. The van der Waals surface area contributed by atoms with E-state index in [-0.39, 0.29) is 12.1 Å². The van der Waals surface area contributed by atoms with Crippen LogP contribution in [0.5, 0.6) is 0 Å². The predicted molar refractivity (Wildman–Crippen MR) is 87.7 cm³/mol. The minimum absolute atomic E-state index is 0.0860. The third kappa shape index (κ3) is 3.43. The van der Waals surface area contributed by atoms with Gasteiger partial charge in [0.25, 0.3) is 0 Å². The summed E-state index contributed by atoms with van der Waals surface area (Å²) < 4.78 is 8.02.